The molecule has 0 aromatic heterocycles. The Labute approximate surface area is 137 Å². The molecule has 128 valence electrons. The summed E-state index contributed by atoms with van der Waals surface area (Å²) in [6, 6.07) is 5.62. The van der Waals surface area contributed by atoms with Crippen LogP contribution in [0, 0.1) is 0 Å². The first-order chi connectivity index (χ1) is 11.1. The molecule has 0 aliphatic heterocycles. The number of ether oxygens (including phenoxy) is 2. The lowest BCUT2D eigenvalue weighted by Gasteiger charge is -2.14. The minimum absolute atomic E-state index is 0.0585. The Hall–Kier alpha value is -2.44. The van der Waals surface area contributed by atoms with Crippen LogP contribution in [-0.2, 0) is 11.3 Å². The van der Waals surface area contributed by atoms with Crippen molar-refractivity contribution in [2.75, 3.05) is 34.4 Å². The highest BCUT2D eigenvalue weighted by Gasteiger charge is 2.07. The fourth-order valence-electron chi connectivity index (χ4n) is 1.89. The van der Waals surface area contributed by atoms with Crippen molar-refractivity contribution in [2.45, 2.75) is 19.9 Å². The summed E-state index contributed by atoms with van der Waals surface area (Å²) in [7, 11) is 4.88. The molecule has 0 saturated carbocycles. The number of amides is 1. The number of hydrogen-bond donors (Lipinski definition) is 3. The number of nitrogens with one attached hydrogen (secondary N) is 3. The Kier molecular flexibility index (Phi) is 8.34. The van der Waals surface area contributed by atoms with Gasteiger partial charge in [0.25, 0.3) is 0 Å². The molecule has 0 bridgehead atoms. The smallest absolute Gasteiger partial charge is 0.239 e. The minimum Gasteiger partial charge on any atom is -0.497 e. The van der Waals surface area contributed by atoms with Gasteiger partial charge in [-0.25, -0.2) is 0 Å². The van der Waals surface area contributed by atoms with Crippen LogP contribution in [0.5, 0.6) is 11.5 Å². The number of rotatable bonds is 8. The molecule has 0 aliphatic carbocycles. The van der Waals surface area contributed by atoms with E-state index >= 15 is 0 Å². The molecular formula is C16H26N4O3. The van der Waals surface area contributed by atoms with Crippen LogP contribution in [0.15, 0.2) is 23.2 Å². The molecule has 1 aromatic rings. The van der Waals surface area contributed by atoms with Gasteiger partial charge in [0.05, 0.1) is 20.8 Å². The molecule has 3 N–H and O–H groups in total. The lowest BCUT2D eigenvalue weighted by atomic mass is 10.2. The Morgan fingerprint density at radius 1 is 1.17 bits per heavy atom. The van der Waals surface area contributed by atoms with Gasteiger partial charge in [-0.15, -0.1) is 0 Å². The van der Waals surface area contributed by atoms with Crippen molar-refractivity contribution < 1.29 is 14.3 Å². The average Bonchev–Trinajstić information content (AvgIpc) is 2.59. The van der Waals surface area contributed by atoms with E-state index in [9.17, 15) is 4.79 Å². The van der Waals surface area contributed by atoms with E-state index in [4.69, 9.17) is 9.47 Å². The predicted octanol–water partition coefficient (Wildman–Crippen LogP) is 0.895. The van der Waals surface area contributed by atoms with Gasteiger partial charge in [-0.2, -0.15) is 0 Å². The van der Waals surface area contributed by atoms with Crippen LogP contribution in [0.25, 0.3) is 0 Å². The fraction of sp³-hybridized carbons (Fsp3) is 0.500. The number of carbonyl (C=O) groups excluding carboxylic acids is 1. The van der Waals surface area contributed by atoms with Gasteiger partial charge in [0, 0.05) is 31.8 Å². The number of aliphatic imine (C=N–C) groups is 1. The number of carbonyl (C=O) groups is 1. The van der Waals surface area contributed by atoms with E-state index in [-0.39, 0.29) is 12.5 Å². The van der Waals surface area contributed by atoms with Crippen LogP contribution in [0.1, 0.15) is 18.9 Å². The monoisotopic (exact) mass is 322 g/mol. The second-order valence-electron chi connectivity index (χ2n) is 4.81. The molecule has 7 heteroatoms. The Morgan fingerprint density at radius 3 is 2.57 bits per heavy atom. The SMILES string of the molecule is CCCNC(=O)CNC(=NC)NCc1ccc(OC)cc1OC. The van der Waals surface area contributed by atoms with Gasteiger partial charge in [-0.1, -0.05) is 6.92 Å². The molecule has 0 heterocycles. The number of benzene rings is 1. The third-order valence-corrected chi connectivity index (χ3v) is 3.15. The second-order valence-corrected chi connectivity index (χ2v) is 4.81. The van der Waals surface area contributed by atoms with Crippen LogP contribution >= 0.6 is 0 Å². The van der Waals surface area contributed by atoms with Crippen molar-refractivity contribution in [1.82, 2.24) is 16.0 Å². The maximum absolute atomic E-state index is 11.6. The predicted molar refractivity (Wildman–Crippen MR) is 91.0 cm³/mol. The molecule has 0 aliphatic rings. The number of nitrogens with zero attached hydrogens (tertiary/aromatic N) is 1. The van der Waals surface area contributed by atoms with E-state index in [2.05, 4.69) is 20.9 Å². The van der Waals surface area contributed by atoms with E-state index < -0.39 is 0 Å². The molecule has 7 nitrogen and oxygen atoms in total. The maximum Gasteiger partial charge on any atom is 0.239 e. The summed E-state index contributed by atoms with van der Waals surface area (Å²) in [5, 5.41) is 8.92. The third-order valence-electron chi connectivity index (χ3n) is 3.15. The summed E-state index contributed by atoms with van der Waals surface area (Å²) in [4.78, 5) is 15.7. The van der Waals surface area contributed by atoms with E-state index in [1.165, 1.54) is 0 Å². The van der Waals surface area contributed by atoms with Crippen molar-refractivity contribution in [3.05, 3.63) is 23.8 Å². The summed E-state index contributed by atoms with van der Waals surface area (Å²) in [6.07, 6.45) is 0.913. The van der Waals surface area contributed by atoms with Crippen molar-refractivity contribution in [3.63, 3.8) is 0 Å². The van der Waals surface area contributed by atoms with E-state index in [1.807, 2.05) is 25.1 Å². The van der Waals surface area contributed by atoms with Gasteiger partial charge in [0.15, 0.2) is 5.96 Å². The van der Waals surface area contributed by atoms with Crippen LogP contribution < -0.4 is 25.4 Å². The molecule has 1 amide bonds. The van der Waals surface area contributed by atoms with Gasteiger partial charge >= 0.3 is 0 Å². The molecule has 0 fully saturated rings. The molecule has 1 rings (SSSR count). The second kappa shape index (κ2) is 10.3. The summed E-state index contributed by atoms with van der Waals surface area (Å²) in [5.41, 5.74) is 0.965. The summed E-state index contributed by atoms with van der Waals surface area (Å²) < 4.78 is 10.5. The summed E-state index contributed by atoms with van der Waals surface area (Å²) in [6.45, 7) is 3.38. The van der Waals surface area contributed by atoms with Crippen LogP contribution in [0.2, 0.25) is 0 Å². The molecule has 23 heavy (non-hydrogen) atoms. The molecule has 0 spiro atoms. The Bertz CT molecular complexity index is 532. The molecule has 0 atom stereocenters. The number of methoxy groups -OCH3 is 2. The van der Waals surface area contributed by atoms with Crippen LogP contribution in [0.3, 0.4) is 0 Å². The first-order valence-corrected chi connectivity index (χ1v) is 7.56. The Morgan fingerprint density at radius 2 is 1.96 bits per heavy atom. The van der Waals surface area contributed by atoms with Crippen LogP contribution in [-0.4, -0.2) is 46.2 Å². The van der Waals surface area contributed by atoms with Crippen molar-refractivity contribution in [2.24, 2.45) is 4.99 Å². The zero-order chi connectivity index (χ0) is 17.1. The fourth-order valence-corrected chi connectivity index (χ4v) is 1.89. The third kappa shape index (κ3) is 6.46. The topological polar surface area (TPSA) is 84.0 Å². The lowest BCUT2D eigenvalue weighted by molar-refractivity contribution is -0.120. The first-order valence-electron chi connectivity index (χ1n) is 7.56. The van der Waals surface area contributed by atoms with Gasteiger partial charge in [0.2, 0.25) is 5.91 Å². The number of hydrogen-bond acceptors (Lipinski definition) is 4. The van der Waals surface area contributed by atoms with Crippen molar-refractivity contribution in [1.29, 1.82) is 0 Å². The van der Waals surface area contributed by atoms with Crippen LogP contribution in [0.4, 0.5) is 0 Å². The molecule has 0 unspecified atom stereocenters. The Balaban J connectivity index is 2.53. The van der Waals surface area contributed by atoms with E-state index in [0.717, 1.165) is 23.5 Å². The highest BCUT2D eigenvalue weighted by Crippen LogP contribution is 2.24. The summed E-state index contributed by atoms with van der Waals surface area (Å²) in [5.74, 6) is 1.96. The van der Waals surface area contributed by atoms with Gasteiger partial charge in [-0.05, 0) is 18.6 Å². The molecular weight excluding hydrogens is 296 g/mol. The highest BCUT2D eigenvalue weighted by atomic mass is 16.5. The van der Waals surface area contributed by atoms with Gasteiger partial charge in [-0.3, -0.25) is 9.79 Å². The molecule has 0 saturated heterocycles. The number of guanidine groups is 1. The molecule has 0 radical (unpaired) electrons. The first kappa shape index (κ1) is 18.6. The normalized spacial score (nSPS) is 10.9. The van der Waals surface area contributed by atoms with Crippen molar-refractivity contribution in [3.8, 4) is 11.5 Å². The quantitative estimate of drug-likeness (QED) is 0.489. The zero-order valence-corrected chi connectivity index (χ0v) is 14.2. The average molecular weight is 322 g/mol. The largest absolute Gasteiger partial charge is 0.497 e. The zero-order valence-electron chi connectivity index (χ0n) is 14.2. The lowest BCUT2D eigenvalue weighted by Crippen LogP contribution is -2.43. The van der Waals surface area contributed by atoms with E-state index in [1.54, 1.807) is 21.3 Å². The minimum atomic E-state index is -0.0585. The maximum atomic E-state index is 11.6. The highest BCUT2D eigenvalue weighted by molar-refractivity contribution is 5.86. The van der Waals surface area contributed by atoms with Gasteiger partial charge in [0.1, 0.15) is 11.5 Å². The standard InChI is InChI=1S/C16H26N4O3/c1-5-8-18-15(21)11-20-16(17-2)19-10-12-6-7-13(22-3)9-14(12)23-4/h6-7,9H,5,8,10-11H2,1-4H3,(H,18,21)(H2,17,19,20). The van der Waals surface area contributed by atoms with Crippen molar-refractivity contribution >= 4 is 11.9 Å². The summed E-state index contributed by atoms with van der Waals surface area (Å²) >= 11 is 0. The van der Waals surface area contributed by atoms with Gasteiger partial charge < -0.3 is 25.4 Å². The molecule has 1 aromatic carbocycles. The van der Waals surface area contributed by atoms with E-state index in [0.29, 0.717) is 19.0 Å².